The van der Waals surface area contributed by atoms with Crippen molar-refractivity contribution in [2.45, 2.75) is 69.2 Å². The number of piperidine rings is 1. The van der Waals surface area contributed by atoms with Crippen LogP contribution in [0.15, 0.2) is 47.5 Å². The Balaban J connectivity index is 1.67. The molecule has 0 radical (unpaired) electrons. The summed E-state index contributed by atoms with van der Waals surface area (Å²) in [6, 6.07) is 10.7. The molecule has 0 aliphatic carbocycles. The molecule has 1 aromatic heterocycles. The molecule has 39 heavy (non-hydrogen) atoms. The highest BCUT2D eigenvalue weighted by atomic mass is 35.5. The third-order valence-corrected chi connectivity index (χ3v) is 9.22. The molecule has 5 N–H and O–H groups in total. The van der Waals surface area contributed by atoms with Gasteiger partial charge in [-0.3, -0.25) is 0 Å². The lowest BCUT2D eigenvalue weighted by atomic mass is 9.87. The number of nitrogens with zero attached hydrogens (tertiary/aromatic N) is 2. The van der Waals surface area contributed by atoms with Gasteiger partial charge >= 0.3 is 0 Å². The quantitative estimate of drug-likeness (QED) is 0.257. The molecule has 1 aliphatic rings. The van der Waals surface area contributed by atoms with Crippen molar-refractivity contribution in [2.75, 3.05) is 23.7 Å². The Hall–Kier alpha value is -2.92. The Kier molecular flexibility index (Phi) is 8.70. The zero-order chi connectivity index (χ0) is 28.4. The summed E-state index contributed by atoms with van der Waals surface area (Å²) in [5.74, 6) is 1.73. The summed E-state index contributed by atoms with van der Waals surface area (Å²) in [6.07, 6.45) is 3.61. The second-order valence-corrected chi connectivity index (χ2v) is 13.5. The van der Waals surface area contributed by atoms with E-state index in [0.29, 0.717) is 11.6 Å². The van der Waals surface area contributed by atoms with E-state index in [4.69, 9.17) is 22.1 Å². The number of aryl methyl sites for hydroxylation is 1. The first-order valence-electron chi connectivity index (χ1n) is 13.1. The number of rotatable bonds is 9. The van der Waals surface area contributed by atoms with Crippen LogP contribution in [0.1, 0.15) is 57.6 Å². The van der Waals surface area contributed by atoms with Gasteiger partial charge in [0.2, 0.25) is 5.95 Å². The van der Waals surface area contributed by atoms with Gasteiger partial charge in [0, 0.05) is 0 Å². The number of sulfone groups is 1. The van der Waals surface area contributed by atoms with Crippen molar-refractivity contribution in [3.63, 3.8) is 0 Å². The van der Waals surface area contributed by atoms with Crippen LogP contribution in [-0.2, 0) is 9.84 Å². The minimum Gasteiger partial charge on any atom is -0.489 e. The fourth-order valence-corrected chi connectivity index (χ4v) is 5.95. The van der Waals surface area contributed by atoms with Gasteiger partial charge < -0.3 is 26.4 Å². The van der Waals surface area contributed by atoms with E-state index in [1.807, 2.05) is 13.8 Å². The van der Waals surface area contributed by atoms with Gasteiger partial charge in [-0.25, -0.2) is 13.4 Å². The first kappa shape index (κ1) is 29.1. The molecule has 0 unspecified atom stereocenters. The Morgan fingerprint density at radius 3 is 2.49 bits per heavy atom. The minimum atomic E-state index is -3.84. The van der Waals surface area contributed by atoms with Gasteiger partial charge in [-0.05, 0) is 102 Å². The molecule has 1 aliphatic heterocycles. The van der Waals surface area contributed by atoms with Gasteiger partial charge in [-0.1, -0.05) is 23.7 Å². The van der Waals surface area contributed by atoms with Crippen LogP contribution >= 0.6 is 11.6 Å². The lowest BCUT2D eigenvalue weighted by molar-refractivity contribution is 0.243. The molecule has 0 bridgehead atoms. The lowest BCUT2D eigenvalue weighted by Gasteiger charge is -2.26. The van der Waals surface area contributed by atoms with Crippen molar-refractivity contribution >= 4 is 44.6 Å². The maximum Gasteiger partial charge on any atom is 0.229 e. The molecule has 210 valence electrons. The zero-order valence-electron chi connectivity index (χ0n) is 23.0. The van der Waals surface area contributed by atoms with Crippen LogP contribution in [0.25, 0.3) is 0 Å². The molecule has 1 saturated heterocycles. The number of anilines is 4. The van der Waals surface area contributed by atoms with E-state index >= 15 is 0 Å². The van der Waals surface area contributed by atoms with Crippen LogP contribution in [-0.4, -0.2) is 42.5 Å². The molecule has 0 amide bonds. The predicted molar refractivity (Wildman–Crippen MR) is 157 cm³/mol. The number of nitrogens with two attached hydrogens (primary N) is 1. The maximum atomic E-state index is 13.1. The van der Waals surface area contributed by atoms with Crippen molar-refractivity contribution < 1.29 is 13.2 Å². The fraction of sp³-hybridized carbons (Fsp3) is 0.429. The molecule has 0 spiro atoms. The normalized spacial score (nSPS) is 14.9. The second kappa shape index (κ2) is 11.7. The number of halogens is 1. The molecule has 11 heteroatoms. The smallest absolute Gasteiger partial charge is 0.229 e. The molecule has 0 saturated carbocycles. The van der Waals surface area contributed by atoms with Crippen molar-refractivity contribution in [3.8, 4) is 5.75 Å². The monoisotopic (exact) mass is 572 g/mol. The summed E-state index contributed by atoms with van der Waals surface area (Å²) < 4.78 is 32.4. The van der Waals surface area contributed by atoms with E-state index in [0.717, 1.165) is 42.9 Å². The largest absolute Gasteiger partial charge is 0.489 e. The summed E-state index contributed by atoms with van der Waals surface area (Å²) in [7, 11) is -3.84. The van der Waals surface area contributed by atoms with Crippen molar-refractivity contribution in [1.29, 1.82) is 0 Å². The molecule has 4 rings (SSSR count). The lowest BCUT2D eigenvalue weighted by Crippen LogP contribution is -2.41. The summed E-state index contributed by atoms with van der Waals surface area (Å²) in [5.41, 5.74) is 9.48. The SMILES string of the molecule is Cc1cc(Nc2ncc(Cl)c(Nc3ccccc3S(=O)(=O)C(C)(C)N)n2)c(OC(C)C)cc1C1CCNCC1. The van der Waals surface area contributed by atoms with E-state index < -0.39 is 14.7 Å². The van der Waals surface area contributed by atoms with Gasteiger partial charge in [0.15, 0.2) is 15.7 Å². The highest BCUT2D eigenvalue weighted by Gasteiger charge is 2.33. The fourth-order valence-electron chi connectivity index (χ4n) is 4.58. The summed E-state index contributed by atoms with van der Waals surface area (Å²) in [6.45, 7) is 11.0. The van der Waals surface area contributed by atoms with Crippen LogP contribution in [0.3, 0.4) is 0 Å². The van der Waals surface area contributed by atoms with Crippen molar-refractivity contribution in [1.82, 2.24) is 15.3 Å². The molecule has 1 fully saturated rings. The van der Waals surface area contributed by atoms with Crippen LogP contribution in [0.5, 0.6) is 5.75 Å². The first-order chi connectivity index (χ1) is 18.4. The molecule has 2 aromatic carbocycles. The Morgan fingerprint density at radius 2 is 1.82 bits per heavy atom. The first-order valence-corrected chi connectivity index (χ1v) is 14.9. The zero-order valence-corrected chi connectivity index (χ0v) is 24.6. The summed E-state index contributed by atoms with van der Waals surface area (Å²) in [5, 5.41) is 9.99. The number of nitrogens with one attached hydrogen (secondary N) is 3. The number of para-hydroxylation sites is 1. The standard InChI is InChI=1S/C28H37ClN6O3S/c1-17(2)38-24-15-20(19-10-12-31-13-11-19)18(3)14-23(24)34-27-32-16-21(29)26(35-27)33-22-8-6-7-9-25(22)39(36,37)28(4,5)30/h6-9,14-17,19,31H,10-13,30H2,1-5H3,(H2,32,33,34,35). The minimum absolute atomic E-state index is 0.0252. The van der Waals surface area contributed by atoms with Gasteiger partial charge in [0.1, 0.15) is 15.6 Å². The highest BCUT2D eigenvalue weighted by molar-refractivity contribution is 7.92. The molecule has 2 heterocycles. The van der Waals surface area contributed by atoms with Crippen LogP contribution in [0.4, 0.5) is 23.1 Å². The van der Waals surface area contributed by atoms with Crippen LogP contribution < -0.4 is 26.4 Å². The van der Waals surface area contributed by atoms with Gasteiger partial charge in [-0.2, -0.15) is 4.98 Å². The van der Waals surface area contributed by atoms with Gasteiger partial charge in [-0.15, -0.1) is 0 Å². The van der Waals surface area contributed by atoms with Gasteiger partial charge in [0.05, 0.1) is 28.6 Å². The Morgan fingerprint density at radius 1 is 1.13 bits per heavy atom. The molecular weight excluding hydrogens is 536 g/mol. The summed E-state index contributed by atoms with van der Waals surface area (Å²) in [4.78, 5) is 7.49. The molecule has 9 nitrogen and oxygen atoms in total. The van der Waals surface area contributed by atoms with Crippen LogP contribution in [0, 0.1) is 6.92 Å². The predicted octanol–water partition coefficient (Wildman–Crippen LogP) is 5.65. The third-order valence-electron chi connectivity index (χ3n) is 6.62. The Labute approximate surface area is 235 Å². The molecule has 0 atom stereocenters. The van der Waals surface area contributed by atoms with E-state index in [9.17, 15) is 8.42 Å². The maximum absolute atomic E-state index is 13.1. The van der Waals surface area contributed by atoms with Crippen molar-refractivity contribution in [2.24, 2.45) is 5.73 Å². The number of hydrogen-bond acceptors (Lipinski definition) is 9. The number of hydrogen-bond donors (Lipinski definition) is 4. The number of benzene rings is 2. The average Bonchev–Trinajstić information content (AvgIpc) is 2.87. The highest BCUT2D eigenvalue weighted by Crippen LogP contribution is 2.38. The second-order valence-electron chi connectivity index (χ2n) is 10.6. The van der Waals surface area contributed by atoms with Crippen molar-refractivity contribution in [3.05, 3.63) is 58.7 Å². The van der Waals surface area contributed by atoms with Gasteiger partial charge in [0.25, 0.3) is 0 Å². The van der Waals surface area contributed by atoms with Crippen LogP contribution in [0.2, 0.25) is 5.02 Å². The van der Waals surface area contributed by atoms with E-state index in [-0.39, 0.29) is 27.8 Å². The van der Waals surface area contributed by atoms with E-state index in [1.165, 1.54) is 31.7 Å². The topological polar surface area (TPSA) is 131 Å². The van der Waals surface area contributed by atoms with E-state index in [1.54, 1.807) is 18.2 Å². The molecule has 3 aromatic rings. The summed E-state index contributed by atoms with van der Waals surface area (Å²) >= 11 is 6.42. The number of ether oxygens (including phenoxy) is 1. The third kappa shape index (κ3) is 6.63. The average molecular weight is 573 g/mol. The Bertz CT molecular complexity index is 1430. The molecular formula is C28H37ClN6O3S. The number of aromatic nitrogens is 2. The van der Waals surface area contributed by atoms with E-state index in [2.05, 4.69) is 45.0 Å².